The highest BCUT2D eigenvalue weighted by molar-refractivity contribution is 5.87. The molecule has 0 radical (unpaired) electrons. The van der Waals surface area contributed by atoms with Crippen molar-refractivity contribution in [2.75, 3.05) is 6.61 Å². The molecule has 0 atom stereocenters. The van der Waals surface area contributed by atoms with Crippen LogP contribution in [-0.4, -0.2) is 12.6 Å². The van der Waals surface area contributed by atoms with Gasteiger partial charge in [-0.05, 0) is 18.4 Å². The second kappa shape index (κ2) is 7.28. The zero-order chi connectivity index (χ0) is 12.5. The van der Waals surface area contributed by atoms with Crippen LogP contribution in [0.5, 0.6) is 0 Å². The summed E-state index contributed by atoms with van der Waals surface area (Å²) < 4.78 is 4.81. The van der Waals surface area contributed by atoms with Crippen molar-refractivity contribution in [2.45, 2.75) is 12.8 Å². The van der Waals surface area contributed by atoms with Crippen molar-refractivity contribution in [3.8, 4) is 0 Å². The fourth-order valence-electron chi connectivity index (χ4n) is 1.34. The van der Waals surface area contributed by atoms with E-state index in [9.17, 15) is 4.79 Å². The first kappa shape index (κ1) is 13.0. The molecule has 0 amide bonds. The lowest BCUT2D eigenvalue weighted by atomic mass is 10.1. The highest BCUT2D eigenvalue weighted by atomic mass is 16.5. The largest absolute Gasteiger partial charge is 0.457 e. The first-order chi connectivity index (χ1) is 8.24. The monoisotopic (exact) mass is 231 g/mol. The number of aryl methyl sites for hydroxylation is 1. The lowest BCUT2D eigenvalue weighted by Gasteiger charge is -2.02. The van der Waals surface area contributed by atoms with Crippen molar-refractivity contribution in [3.63, 3.8) is 0 Å². The summed E-state index contributed by atoms with van der Waals surface area (Å²) in [6.07, 6.45) is 4.78. The molecule has 0 spiro atoms. The molecule has 0 bridgehead atoms. The molecule has 1 aromatic carbocycles. The second-order valence-corrected chi connectivity index (χ2v) is 3.57. The van der Waals surface area contributed by atoms with Gasteiger partial charge < -0.3 is 10.5 Å². The second-order valence-electron chi connectivity index (χ2n) is 3.57. The Hall–Kier alpha value is -2.03. The Balaban J connectivity index is 2.38. The average Bonchev–Trinajstić information content (AvgIpc) is 2.37. The van der Waals surface area contributed by atoms with Crippen LogP contribution in [0.2, 0.25) is 0 Å². The van der Waals surface area contributed by atoms with Crippen LogP contribution in [0, 0.1) is 0 Å². The smallest absolute Gasteiger partial charge is 0.354 e. The number of carbonyl (C=O) groups is 1. The molecule has 0 aliphatic heterocycles. The molecule has 3 nitrogen and oxygen atoms in total. The molecule has 0 saturated heterocycles. The zero-order valence-corrected chi connectivity index (χ0v) is 9.76. The van der Waals surface area contributed by atoms with Crippen LogP contribution in [0.25, 0.3) is 0 Å². The molecule has 1 aromatic rings. The van der Waals surface area contributed by atoms with Crippen LogP contribution < -0.4 is 5.73 Å². The van der Waals surface area contributed by atoms with E-state index in [1.807, 2.05) is 30.3 Å². The first-order valence-electron chi connectivity index (χ1n) is 5.51. The quantitative estimate of drug-likeness (QED) is 0.464. The molecule has 0 aliphatic rings. The normalized spacial score (nSPS) is 10.9. The predicted octanol–water partition coefficient (Wildman–Crippen LogP) is 2.19. The number of carbonyl (C=O) groups excluding carboxylic acids is 1. The summed E-state index contributed by atoms with van der Waals surface area (Å²) >= 11 is 0. The number of allylic oxidation sites excluding steroid dienone is 1. The van der Waals surface area contributed by atoms with Crippen LogP contribution in [0.3, 0.4) is 0 Å². The Morgan fingerprint density at radius 1 is 1.35 bits per heavy atom. The summed E-state index contributed by atoms with van der Waals surface area (Å²) in [5.74, 6) is -0.488. The van der Waals surface area contributed by atoms with Crippen LogP contribution >= 0.6 is 0 Å². The van der Waals surface area contributed by atoms with E-state index in [1.54, 1.807) is 6.08 Å². The maximum Gasteiger partial charge on any atom is 0.354 e. The van der Waals surface area contributed by atoms with Gasteiger partial charge in [-0.1, -0.05) is 49.1 Å². The SMILES string of the molecule is C=CCOC(=O)C(N)=CCCc1ccccc1. The minimum Gasteiger partial charge on any atom is -0.457 e. The fourth-order valence-corrected chi connectivity index (χ4v) is 1.34. The maximum atomic E-state index is 11.3. The number of hydrogen-bond acceptors (Lipinski definition) is 3. The molecule has 0 aliphatic carbocycles. The number of ether oxygens (including phenoxy) is 1. The summed E-state index contributed by atoms with van der Waals surface area (Å²) in [7, 11) is 0. The van der Waals surface area contributed by atoms with Gasteiger partial charge in [0.15, 0.2) is 0 Å². The Kier molecular flexibility index (Phi) is 5.58. The van der Waals surface area contributed by atoms with Crippen molar-refractivity contribution in [1.29, 1.82) is 0 Å². The van der Waals surface area contributed by atoms with Crippen LogP contribution in [0.4, 0.5) is 0 Å². The molecule has 3 heteroatoms. The third kappa shape index (κ3) is 5.02. The van der Waals surface area contributed by atoms with Gasteiger partial charge in [0.25, 0.3) is 0 Å². The van der Waals surface area contributed by atoms with Gasteiger partial charge in [0.2, 0.25) is 0 Å². The van der Waals surface area contributed by atoms with E-state index < -0.39 is 5.97 Å². The number of rotatable bonds is 6. The molecule has 90 valence electrons. The van der Waals surface area contributed by atoms with Crippen LogP contribution in [0.15, 0.2) is 54.8 Å². The molecule has 17 heavy (non-hydrogen) atoms. The predicted molar refractivity (Wildman–Crippen MR) is 68.2 cm³/mol. The van der Waals surface area contributed by atoms with Crippen LogP contribution in [-0.2, 0) is 16.0 Å². The van der Waals surface area contributed by atoms with E-state index in [2.05, 4.69) is 6.58 Å². The highest BCUT2D eigenvalue weighted by Crippen LogP contribution is 2.04. The fraction of sp³-hybridized carbons (Fsp3) is 0.214. The topological polar surface area (TPSA) is 52.3 Å². The number of esters is 1. The van der Waals surface area contributed by atoms with Crippen molar-refractivity contribution in [1.82, 2.24) is 0 Å². The van der Waals surface area contributed by atoms with Gasteiger partial charge in [-0.25, -0.2) is 4.79 Å². The Bertz CT molecular complexity index is 396. The molecular weight excluding hydrogens is 214 g/mol. The Morgan fingerprint density at radius 3 is 2.71 bits per heavy atom. The Labute approximate surface area is 102 Å². The zero-order valence-electron chi connectivity index (χ0n) is 9.76. The lowest BCUT2D eigenvalue weighted by molar-refractivity contribution is -0.137. The van der Waals surface area contributed by atoms with E-state index >= 15 is 0 Å². The summed E-state index contributed by atoms with van der Waals surface area (Å²) in [6, 6.07) is 10.0. The molecule has 0 aromatic heterocycles. The standard InChI is InChI=1S/C14H17NO2/c1-2-11-17-14(16)13(15)10-6-9-12-7-4-3-5-8-12/h2-5,7-8,10H,1,6,9,11,15H2. The molecule has 0 heterocycles. The van der Waals surface area contributed by atoms with Gasteiger partial charge in [-0.2, -0.15) is 0 Å². The van der Waals surface area contributed by atoms with E-state index in [1.165, 1.54) is 11.6 Å². The van der Waals surface area contributed by atoms with Crippen molar-refractivity contribution in [3.05, 3.63) is 60.3 Å². The third-order valence-corrected chi connectivity index (χ3v) is 2.21. The molecule has 0 fully saturated rings. The summed E-state index contributed by atoms with van der Waals surface area (Å²) in [5.41, 5.74) is 6.95. The maximum absolute atomic E-state index is 11.3. The first-order valence-corrected chi connectivity index (χ1v) is 5.51. The Morgan fingerprint density at radius 2 is 2.06 bits per heavy atom. The summed E-state index contributed by atoms with van der Waals surface area (Å²) in [6.45, 7) is 3.64. The van der Waals surface area contributed by atoms with Crippen molar-refractivity contribution >= 4 is 5.97 Å². The summed E-state index contributed by atoms with van der Waals surface area (Å²) in [5, 5.41) is 0. The van der Waals surface area contributed by atoms with Gasteiger partial charge in [0, 0.05) is 0 Å². The minimum atomic E-state index is -0.488. The highest BCUT2D eigenvalue weighted by Gasteiger charge is 2.04. The molecule has 1 rings (SSSR count). The van der Waals surface area contributed by atoms with Gasteiger partial charge >= 0.3 is 5.97 Å². The van der Waals surface area contributed by atoms with E-state index in [-0.39, 0.29) is 12.3 Å². The van der Waals surface area contributed by atoms with Gasteiger partial charge in [0.1, 0.15) is 12.3 Å². The molecule has 0 unspecified atom stereocenters. The molecular formula is C14H17NO2. The van der Waals surface area contributed by atoms with Gasteiger partial charge in [-0.15, -0.1) is 0 Å². The van der Waals surface area contributed by atoms with E-state index in [4.69, 9.17) is 10.5 Å². The number of benzene rings is 1. The molecule has 0 saturated carbocycles. The number of nitrogens with two attached hydrogens (primary N) is 1. The lowest BCUT2D eigenvalue weighted by Crippen LogP contribution is -2.14. The van der Waals surface area contributed by atoms with Crippen molar-refractivity contribution < 1.29 is 9.53 Å². The third-order valence-electron chi connectivity index (χ3n) is 2.21. The van der Waals surface area contributed by atoms with E-state index in [0.29, 0.717) is 0 Å². The van der Waals surface area contributed by atoms with E-state index in [0.717, 1.165) is 12.8 Å². The molecule has 2 N–H and O–H groups in total. The average molecular weight is 231 g/mol. The summed E-state index contributed by atoms with van der Waals surface area (Å²) in [4.78, 5) is 11.3. The van der Waals surface area contributed by atoms with Gasteiger partial charge in [-0.3, -0.25) is 0 Å². The van der Waals surface area contributed by atoms with Crippen molar-refractivity contribution in [2.24, 2.45) is 5.73 Å². The van der Waals surface area contributed by atoms with Crippen LogP contribution in [0.1, 0.15) is 12.0 Å². The van der Waals surface area contributed by atoms with Gasteiger partial charge in [0.05, 0.1) is 0 Å². The number of hydrogen-bond donors (Lipinski definition) is 1. The minimum absolute atomic E-state index is 0.155.